The number of piperidine rings is 1. The van der Waals surface area contributed by atoms with Gasteiger partial charge in [0.2, 0.25) is 0 Å². The van der Waals surface area contributed by atoms with Gasteiger partial charge in [-0.2, -0.15) is 0 Å². The summed E-state index contributed by atoms with van der Waals surface area (Å²) in [6.45, 7) is 1.78. The number of ether oxygens (including phenoxy) is 1. The minimum atomic E-state index is -3.40. The number of methoxy groups -OCH3 is 1. The summed E-state index contributed by atoms with van der Waals surface area (Å²) in [5, 5.41) is 1.66. The number of amidine groups is 1. The SMILES string of the molecule is COc1ccc2[nH]cc(C3CCN(C(=O)c4ccc5c(c4)SC4=NS(=O)(=O)CCN45)CC3)c2c1. The molecule has 10 heteroatoms. The quantitative estimate of drug-likeness (QED) is 0.593. The number of nitrogens with one attached hydrogen (secondary N) is 1. The van der Waals surface area contributed by atoms with Crippen molar-refractivity contribution in [1.29, 1.82) is 0 Å². The number of thioether (sulfide) groups is 1. The van der Waals surface area contributed by atoms with Crippen molar-refractivity contribution in [2.45, 2.75) is 23.7 Å². The maximum Gasteiger partial charge on any atom is 0.257 e. The Balaban J connectivity index is 1.17. The lowest BCUT2D eigenvalue weighted by atomic mass is 9.89. The Bertz CT molecular complexity index is 1440. The largest absolute Gasteiger partial charge is 0.497 e. The molecule has 6 rings (SSSR count). The maximum absolute atomic E-state index is 13.3. The highest BCUT2D eigenvalue weighted by Crippen LogP contribution is 2.42. The van der Waals surface area contributed by atoms with Gasteiger partial charge in [-0.15, -0.1) is 4.40 Å². The van der Waals surface area contributed by atoms with Gasteiger partial charge in [-0.05, 0) is 72.5 Å². The number of anilines is 1. The molecule has 3 aliphatic rings. The molecule has 1 saturated heterocycles. The zero-order chi connectivity index (χ0) is 23.4. The minimum absolute atomic E-state index is 0.00926. The molecule has 8 nitrogen and oxygen atoms in total. The first-order valence-electron chi connectivity index (χ1n) is 11.3. The number of rotatable bonds is 3. The number of amides is 1. The molecule has 34 heavy (non-hydrogen) atoms. The van der Waals surface area contributed by atoms with E-state index in [1.54, 1.807) is 7.11 Å². The van der Waals surface area contributed by atoms with E-state index >= 15 is 0 Å². The van der Waals surface area contributed by atoms with Crippen molar-refractivity contribution in [2.24, 2.45) is 4.40 Å². The van der Waals surface area contributed by atoms with Crippen LogP contribution in [0.2, 0.25) is 0 Å². The second-order valence-electron chi connectivity index (χ2n) is 8.82. The number of hydrogen-bond donors (Lipinski definition) is 1. The number of likely N-dealkylation sites (tertiary alicyclic amines) is 1. The smallest absolute Gasteiger partial charge is 0.257 e. The van der Waals surface area contributed by atoms with Crippen molar-refractivity contribution in [2.75, 3.05) is 37.4 Å². The Labute approximate surface area is 202 Å². The molecule has 0 aliphatic carbocycles. The average Bonchev–Trinajstić information content (AvgIpc) is 3.42. The predicted octanol–water partition coefficient (Wildman–Crippen LogP) is 3.81. The van der Waals surface area contributed by atoms with Crippen molar-refractivity contribution in [3.05, 3.63) is 53.7 Å². The van der Waals surface area contributed by atoms with Crippen molar-refractivity contribution in [3.8, 4) is 5.75 Å². The molecular formula is C24H24N4O4S2. The molecule has 1 N–H and O–H groups in total. The highest BCUT2D eigenvalue weighted by Gasteiger charge is 2.34. The number of sulfonamides is 1. The van der Waals surface area contributed by atoms with Gasteiger partial charge < -0.3 is 19.5 Å². The lowest BCUT2D eigenvalue weighted by Gasteiger charge is -2.32. The zero-order valence-electron chi connectivity index (χ0n) is 18.7. The molecule has 1 aromatic heterocycles. The molecule has 0 radical (unpaired) electrons. The molecule has 176 valence electrons. The van der Waals surface area contributed by atoms with Gasteiger partial charge in [-0.25, -0.2) is 8.42 Å². The second-order valence-corrected chi connectivity index (χ2v) is 11.6. The van der Waals surface area contributed by atoms with Crippen LogP contribution < -0.4 is 9.64 Å². The van der Waals surface area contributed by atoms with Crippen molar-refractivity contribution >= 4 is 49.5 Å². The molecular weight excluding hydrogens is 472 g/mol. The predicted molar refractivity (Wildman–Crippen MR) is 134 cm³/mol. The van der Waals surface area contributed by atoms with Crippen LogP contribution in [0.5, 0.6) is 5.75 Å². The number of aromatic nitrogens is 1. The van der Waals surface area contributed by atoms with Crippen LogP contribution in [0.3, 0.4) is 0 Å². The molecule has 4 heterocycles. The van der Waals surface area contributed by atoms with Crippen molar-refractivity contribution in [3.63, 3.8) is 0 Å². The minimum Gasteiger partial charge on any atom is -0.497 e. The Morgan fingerprint density at radius 3 is 2.76 bits per heavy atom. The molecule has 0 bridgehead atoms. The Kier molecular flexibility index (Phi) is 5.11. The second kappa shape index (κ2) is 8.06. The van der Waals surface area contributed by atoms with Gasteiger partial charge in [0.15, 0.2) is 5.17 Å². The standard InChI is InChI=1S/C24H24N4O4S2/c1-32-17-3-4-20-18(13-17)19(14-25-20)15-6-8-27(9-7-15)23(29)16-2-5-21-22(12-16)33-24-26-34(30,31)11-10-28(21)24/h2-5,12-15,25H,6-11H2,1H3. The fourth-order valence-electron chi connectivity index (χ4n) is 5.03. The summed E-state index contributed by atoms with van der Waals surface area (Å²) in [5.74, 6) is 1.25. The van der Waals surface area contributed by atoms with Gasteiger partial charge in [0.25, 0.3) is 15.9 Å². The van der Waals surface area contributed by atoms with E-state index in [2.05, 4.69) is 21.6 Å². The van der Waals surface area contributed by atoms with Crippen LogP contribution in [-0.2, 0) is 10.0 Å². The van der Waals surface area contributed by atoms with Gasteiger partial charge in [-0.1, -0.05) is 0 Å². The average molecular weight is 497 g/mol. The molecule has 3 aromatic rings. The highest BCUT2D eigenvalue weighted by molar-refractivity contribution is 8.15. The van der Waals surface area contributed by atoms with E-state index < -0.39 is 10.0 Å². The van der Waals surface area contributed by atoms with Gasteiger partial charge in [0.05, 0.1) is 18.6 Å². The van der Waals surface area contributed by atoms with Crippen LogP contribution in [-0.4, -0.2) is 61.9 Å². The number of fused-ring (bicyclic) bond motifs is 4. The van der Waals surface area contributed by atoms with Crippen LogP contribution in [0.25, 0.3) is 10.9 Å². The highest BCUT2D eigenvalue weighted by atomic mass is 32.2. The molecule has 0 unspecified atom stereocenters. The van der Waals surface area contributed by atoms with Gasteiger partial charge >= 0.3 is 0 Å². The van der Waals surface area contributed by atoms with Gasteiger partial charge in [0.1, 0.15) is 5.75 Å². The van der Waals surface area contributed by atoms with Crippen molar-refractivity contribution in [1.82, 2.24) is 9.88 Å². The Morgan fingerprint density at radius 2 is 1.97 bits per heavy atom. The molecule has 0 saturated carbocycles. The summed E-state index contributed by atoms with van der Waals surface area (Å²) in [6.07, 6.45) is 3.89. The third-order valence-electron chi connectivity index (χ3n) is 6.86. The molecule has 0 spiro atoms. The zero-order valence-corrected chi connectivity index (χ0v) is 20.3. The van der Waals surface area contributed by atoms with Gasteiger partial charge in [0, 0.05) is 47.2 Å². The van der Waals surface area contributed by atoms with E-state index in [9.17, 15) is 13.2 Å². The summed E-state index contributed by atoms with van der Waals surface area (Å²) in [5.41, 5.74) is 3.93. The molecule has 2 aromatic carbocycles. The van der Waals surface area contributed by atoms with Crippen molar-refractivity contribution < 1.29 is 17.9 Å². The number of benzene rings is 2. The fourth-order valence-corrected chi connectivity index (χ4v) is 7.32. The summed E-state index contributed by atoms with van der Waals surface area (Å²) in [4.78, 5) is 21.3. The van der Waals surface area contributed by atoms with Crippen LogP contribution in [0.15, 0.2) is 51.9 Å². The summed E-state index contributed by atoms with van der Waals surface area (Å²) < 4.78 is 33.0. The van der Waals surface area contributed by atoms with Crippen LogP contribution in [0, 0.1) is 0 Å². The van der Waals surface area contributed by atoms with E-state index in [4.69, 9.17) is 4.74 Å². The molecule has 0 atom stereocenters. The van der Waals surface area contributed by atoms with E-state index in [0.717, 1.165) is 34.7 Å². The number of aromatic amines is 1. The van der Waals surface area contributed by atoms with E-state index in [1.165, 1.54) is 22.7 Å². The van der Waals surface area contributed by atoms with E-state index in [-0.39, 0.29) is 11.7 Å². The Morgan fingerprint density at radius 1 is 1.15 bits per heavy atom. The number of H-pyrrole nitrogens is 1. The third kappa shape index (κ3) is 3.65. The van der Waals surface area contributed by atoms with Gasteiger partial charge in [-0.3, -0.25) is 4.79 Å². The van der Waals surface area contributed by atoms with E-state index in [1.807, 2.05) is 40.1 Å². The first kappa shape index (κ1) is 21.5. The molecule has 3 aliphatic heterocycles. The summed E-state index contributed by atoms with van der Waals surface area (Å²) in [6, 6.07) is 11.7. The van der Waals surface area contributed by atoms with Crippen LogP contribution in [0.1, 0.15) is 34.7 Å². The third-order valence-corrected chi connectivity index (χ3v) is 9.17. The van der Waals surface area contributed by atoms with Crippen LogP contribution in [0.4, 0.5) is 5.69 Å². The first-order chi connectivity index (χ1) is 16.4. The normalized spacial score (nSPS) is 19.6. The summed E-state index contributed by atoms with van der Waals surface area (Å²) in [7, 11) is -1.72. The number of hydrogen-bond acceptors (Lipinski definition) is 6. The first-order valence-corrected chi connectivity index (χ1v) is 13.7. The molecule has 1 fully saturated rings. The lowest BCUT2D eigenvalue weighted by molar-refractivity contribution is 0.0713. The Hall–Kier alpha value is -2.98. The number of nitrogens with zero attached hydrogens (tertiary/aromatic N) is 3. The number of carbonyl (C=O) groups is 1. The summed E-state index contributed by atoms with van der Waals surface area (Å²) >= 11 is 1.32. The monoisotopic (exact) mass is 496 g/mol. The topological polar surface area (TPSA) is 95.1 Å². The van der Waals surface area contributed by atoms with Crippen LogP contribution >= 0.6 is 11.8 Å². The lowest BCUT2D eigenvalue weighted by Crippen LogP contribution is -2.38. The molecule has 1 amide bonds. The number of carbonyl (C=O) groups excluding carboxylic acids is 1. The fraction of sp³-hybridized carbons (Fsp3) is 0.333. The maximum atomic E-state index is 13.3. The van der Waals surface area contributed by atoms with E-state index in [0.29, 0.717) is 36.3 Å².